The minimum atomic E-state index is -0.549. The highest BCUT2D eigenvalue weighted by Crippen LogP contribution is 2.55. The van der Waals surface area contributed by atoms with Gasteiger partial charge in [0.05, 0.1) is 18.6 Å². The van der Waals surface area contributed by atoms with Gasteiger partial charge in [0.1, 0.15) is 0 Å². The van der Waals surface area contributed by atoms with Crippen LogP contribution in [0.25, 0.3) is 0 Å². The van der Waals surface area contributed by atoms with Gasteiger partial charge in [-0.3, -0.25) is 14.7 Å². The first-order chi connectivity index (χ1) is 21.4. The summed E-state index contributed by atoms with van der Waals surface area (Å²) in [5.41, 5.74) is 2.99. The Morgan fingerprint density at radius 1 is 0.886 bits per heavy atom. The molecule has 230 valence electrons. The smallest absolute Gasteiger partial charge is 0.332 e. The van der Waals surface area contributed by atoms with Gasteiger partial charge in [-0.25, -0.2) is 9.59 Å². The molecule has 0 saturated carbocycles. The first-order valence-corrected chi connectivity index (χ1v) is 16.9. The van der Waals surface area contributed by atoms with Crippen LogP contribution in [0.15, 0.2) is 46.6 Å². The van der Waals surface area contributed by atoms with Gasteiger partial charge in [-0.2, -0.15) is 0 Å². The number of carbonyl (C=O) groups is 2. The van der Waals surface area contributed by atoms with Crippen molar-refractivity contribution in [2.45, 2.75) is 107 Å². The van der Waals surface area contributed by atoms with E-state index in [1.165, 1.54) is 12.8 Å². The summed E-state index contributed by atoms with van der Waals surface area (Å²) >= 11 is 0. The summed E-state index contributed by atoms with van der Waals surface area (Å²) in [6.07, 6.45) is 18.5. The van der Waals surface area contributed by atoms with Crippen LogP contribution in [-0.4, -0.2) is 95.2 Å². The Labute approximate surface area is 261 Å². The van der Waals surface area contributed by atoms with Crippen LogP contribution >= 0.6 is 0 Å². The van der Waals surface area contributed by atoms with Crippen molar-refractivity contribution in [3.63, 3.8) is 0 Å². The molecule has 2 spiro atoms. The number of esters is 2. The van der Waals surface area contributed by atoms with Crippen molar-refractivity contribution in [3.8, 4) is 23.7 Å². The topological polar surface area (TPSA) is 62.3 Å². The number of rotatable bonds is 5. The van der Waals surface area contributed by atoms with Crippen molar-refractivity contribution < 1.29 is 19.1 Å². The number of carbonyl (C=O) groups excluding carboxylic acids is 2. The van der Waals surface area contributed by atoms with Crippen molar-refractivity contribution in [1.29, 1.82) is 0 Å². The predicted molar refractivity (Wildman–Crippen MR) is 167 cm³/mol. The van der Waals surface area contributed by atoms with E-state index in [1.54, 1.807) is 12.2 Å². The van der Waals surface area contributed by atoms with Crippen LogP contribution < -0.4 is 0 Å². The SMILES string of the molecule is CCCCC#CC1=CC2CC3(OC(=O)C=C13)C1CC(CN(C)CC#CC3=CC4CC5(OC(=O)C=C35)C3CCCCN43)CCN21. The van der Waals surface area contributed by atoms with Gasteiger partial charge in [-0.15, -0.1) is 0 Å². The summed E-state index contributed by atoms with van der Waals surface area (Å²) in [4.78, 5) is 32.6. The molecule has 0 N–H and O–H groups in total. The molecule has 8 rings (SSSR count). The fourth-order valence-electron chi connectivity index (χ4n) is 9.76. The third kappa shape index (κ3) is 4.38. The number of piperidine rings is 2. The van der Waals surface area contributed by atoms with E-state index >= 15 is 0 Å². The summed E-state index contributed by atoms with van der Waals surface area (Å²) in [6, 6.07) is 1.07. The van der Waals surface area contributed by atoms with E-state index < -0.39 is 11.2 Å². The van der Waals surface area contributed by atoms with Gasteiger partial charge in [0.15, 0.2) is 11.2 Å². The molecule has 0 aromatic rings. The first kappa shape index (κ1) is 28.4. The van der Waals surface area contributed by atoms with E-state index in [-0.39, 0.29) is 30.1 Å². The number of nitrogens with zero attached hydrogens (tertiary/aromatic N) is 3. The van der Waals surface area contributed by atoms with Gasteiger partial charge in [0.2, 0.25) is 0 Å². The number of ether oxygens (including phenoxy) is 2. The molecule has 7 heteroatoms. The maximum Gasteiger partial charge on any atom is 0.332 e. The second-order valence-electron chi connectivity index (χ2n) is 14.2. The molecular weight excluding hydrogens is 550 g/mol. The molecule has 4 fully saturated rings. The molecule has 44 heavy (non-hydrogen) atoms. The molecule has 6 aliphatic heterocycles. The highest BCUT2D eigenvalue weighted by atomic mass is 16.6. The number of fused-ring (bicyclic) bond motifs is 6. The molecule has 7 nitrogen and oxygen atoms in total. The van der Waals surface area contributed by atoms with Crippen LogP contribution in [0.2, 0.25) is 0 Å². The molecule has 4 bridgehead atoms. The number of hydrogen-bond donors (Lipinski definition) is 0. The Kier molecular flexibility index (Phi) is 6.94. The Bertz CT molecular complexity index is 1530. The van der Waals surface area contributed by atoms with Gasteiger partial charge in [0.25, 0.3) is 0 Å². The van der Waals surface area contributed by atoms with Crippen LogP contribution in [0, 0.1) is 29.6 Å². The lowest BCUT2D eigenvalue weighted by atomic mass is 9.75. The summed E-state index contributed by atoms with van der Waals surface area (Å²) in [6.45, 7) is 5.89. The van der Waals surface area contributed by atoms with Crippen molar-refractivity contribution in [3.05, 3.63) is 46.6 Å². The van der Waals surface area contributed by atoms with E-state index in [4.69, 9.17) is 9.47 Å². The summed E-state index contributed by atoms with van der Waals surface area (Å²) in [5, 5.41) is 0. The molecular formula is C37H43N3O4. The Hall–Kier alpha value is -3.10. The molecule has 0 aromatic heterocycles. The Balaban J connectivity index is 0.939. The van der Waals surface area contributed by atoms with Crippen molar-refractivity contribution >= 4 is 11.9 Å². The summed E-state index contributed by atoms with van der Waals surface area (Å²) in [7, 11) is 2.15. The zero-order chi connectivity index (χ0) is 30.1. The van der Waals surface area contributed by atoms with Gasteiger partial charge in [0, 0.05) is 72.3 Å². The van der Waals surface area contributed by atoms with Crippen LogP contribution in [0.3, 0.4) is 0 Å². The summed E-state index contributed by atoms with van der Waals surface area (Å²) < 4.78 is 12.3. The third-order valence-corrected chi connectivity index (χ3v) is 11.6. The normalized spacial score (nSPS) is 38.0. The van der Waals surface area contributed by atoms with E-state index in [0.717, 1.165) is 93.3 Å². The summed E-state index contributed by atoms with van der Waals surface area (Å²) in [5.74, 6) is 13.7. The van der Waals surface area contributed by atoms with Crippen LogP contribution in [-0.2, 0) is 19.1 Å². The Morgan fingerprint density at radius 2 is 1.55 bits per heavy atom. The molecule has 7 unspecified atom stereocenters. The minimum absolute atomic E-state index is 0.194. The second-order valence-corrected chi connectivity index (χ2v) is 14.2. The zero-order valence-corrected chi connectivity index (χ0v) is 26.1. The van der Waals surface area contributed by atoms with Gasteiger partial charge >= 0.3 is 11.9 Å². The fraction of sp³-hybridized carbons (Fsp3) is 0.622. The monoisotopic (exact) mass is 593 g/mol. The largest absolute Gasteiger partial charge is 0.449 e. The second kappa shape index (κ2) is 10.8. The lowest BCUT2D eigenvalue weighted by molar-refractivity contribution is -0.149. The third-order valence-electron chi connectivity index (χ3n) is 11.6. The van der Waals surface area contributed by atoms with Crippen LogP contribution in [0.4, 0.5) is 0 Å². The van der Waals surface area contributed by atoms with E-state index in [2.05, 4.69) is 64.5 Å². The van der Waals surface area contributed by atoms with Gasteiger partial charge < -0.3 is 9.47 Å². The molecule has 0 aromatic carbocycles. The molecule has 7 atom stereocenters. The lowest BCUT2D eigenvalue weighted by Crippen LogP contribution is -2.51. The van der Waals surface area contributed by atoms with E-state index in [9.17, 15) is 9.59 Å². The quantitative estimate of drug-likeness (QED) is 0.272. The molecule has 2 aliphatic carbocycles. The van der Waals surface area contributed by atoms with Crippen LogP contribution in [0.5, 0.6) is 0 Å². The maximum atomic E-state index is 12.6. The molecule has 0 radical (unpaired) electrons. The van der Waals surface area contributed by atoms with Gasteiger partial charge in [-0.05, 0) is 58.2 Å². The fourth-order valence-corrected chi connectivity index (χ4v) is 9.76. The minimum Gasteiger partial charge on any atom is -0.449 e. The molecule has 6 heterocycles. The molecule has 4 saturated heterocycles. The predicted octanol–water partition coefficient (Wildman–Crippen LogP) is 3.92. The average molecular weight is 594 g/mol. The lowest BCUT2D eigenvalue weighted by Gasteiger charge is -2.42. The number of hydrogen-bond acceptors (Lipinski definition) is 7. The van der Waals surface area contributed by atoms with Crippen molar-refractivity contribution in [2.24, 2.45) is 5.92 Å². The van der Waals surface area contributed by atoms with Crippen LogP contribution in [0.1, 0.15) is 71.1 Å². The first-order valence-electron chi connectivity index (χ1n) is 16.9. The Morgan fingerprint density at radius 3 is 2.25 bits per heavy atom. The standard InChI is InChI=1S/C37H43N3O4/c1-3-4-5-6-10-26-18-29-23-37(31(26)21-35(42)44-37)33-17-25(13-16-40(29)33)24-38(2)14-9-11-27-19-28-22-36(30(27)20-34(41)43-36)32-12-7-8-15-39(28)32/h18-21,25,28-29,32-33H,3-5,7-8,12-17,22-24H2,1-2H3. The van der Waals surface area contributed by atoms with E-state index in [1.807, 2.05) is 0 Å². The molecule has 8 aliphatic rings. The average Bonchev–Trinajstić information content (AvgIpc) is 3.70. The number of unbranched alkanes of at least 4 members (excludes halogenated alkanes) is 2. The van der Waals surface area contributed by atoms with Crippen molar-refractivity contribution in [1.82, 2.24) is 14.7 Å². The van der Waals surface area contributed by atoms with E-state index in [0.29, 0.717) is 18.5 Å². The van der Waals surface area contributed by atoms with Gasteiger partial charge in [-0.1, -0.05) is 55.6 Å². The van der Waals surface area contributed by atoms with Crippen molar-refractivity contribution in [2.75, 3.05) is 33.2 Å². The zero-order valence-electron chi connectivity index (χ0n) is 26.1. The molecule has 0 amide bonds. The highest BCUT2D eigenvalue weighted by molar-refractivity contribution is 5.90. The highest BCUT2D eigenvalue weighted by Gasteiger charge is 2.63. The maximum absolute atomic E-state index is 12.6.